The summed E-state index contributed by atoms with van der Waals surface area (Å²) in [6, 6.07) is 7.54. The maximum Gasteiger partial charge on any atom is 0.420 e. The minimum Gasteiger partial charge on any atom is -0.355 e. The predicted octanol–water partition coefficient (Wildman–Crippen LogP) is 3.97. The van der Waals surface area contributed by atoms with Gasteiger partial charge >= 0.3 is 6.18 Å². The van der Waals surface area contributed by atoms with Crippen molar-refractivity contribution in [3.05, 3.63) is 64.1 Å². The largest absolute Gasteiger partial charge is 0.420 e. The van der Waals surface area contributed by atoms with Crippen LogP contribution in [0.15, 0.2) is 30.3 Å². The molecular weight excluding hydrogens is 560 g/mol. The molecule has 1 spiro atoms. The molecule has 8 nitrogen and oxygen atoms in total. The molecule has 7 rings (SSSR count). The third kappa shape index (κ3) is 4.20. The quantitative estimate of drug-likeness (QED) is 0.341. The normalized spacial score (nSPS) is 23.8. The van der Waals surface area contributed by atoms with Crippen molar-refractivity contribution in [2.45, 2.75) is 44.1 Å². The van der Waals surface area contributed by atoms with Gasteiger partial charge in [0.25, 0.3) is 0 Å². The molecule has 0 bridgehead atoms. The van der Waals surface area contributed by atoms with Gasteiger partial charge in [0.15, 0.2) is 15.7 Å². The van der Waals surface area contributed by atoms with Gasteiger partial charge in [0.05, 0.1) is 23.7 Å². The number of nitrogens with zero attached hydrogens (tertiary/aromatic N) is 6. The van der Waals surface area contributed by atoms with Crippen LogP contribution in [0.2, 0.25) is 5.02 Å². The van der Waals surface area contributed by atoms with Gasteiger partial charge in [-0.3, -0.25) is 9.47 Å². The number of anilines is 1. The molecule has 206 valence electrons. The summed E-state index contributed by atoms with van der Waals surface area (Å²) < 4.78 is 78.3. The Labute approximate surface area is 226 Å². The number of halogens is 5. The Bertz CT molecular complexity index is 1580. The van der Waals surface area contributed by atoms with E-state index in [0.717, 1.165) is 41.8 Å². The number of benzene rings is 1. The molecule has 3 aromatic rings. The van der Waals surface area contributed by atoms with Gasteiger partial charge in [-0.25, -0.2) is 13.4 Å². The number of hydrogen-bond donors (Lipinski definition) is 0. The van der Waals surface area contributed by atoms with E-state index < -0.39 is 27.5 Å². The molecule has 4 aliphatic rings. The van der Waals surface area contributed by atoms with Crippen LogP contribution >= 0.6 is 11.6 Å². The van der Waals surface area contributed by atoms with Crippen molar-refractivity contribution in [3.8, 4) is 5.69 Å². The van der Waals surface area contributed by atoms with Crippen molar-refractivity contribution in [3.63, 3.8) is 0 Å². The van der Waals surface area contributed by atoms with Gasteiger partial charge in [0, 0.05) is 42.0 Å². The molecule has 0 amide bonds. The lowest BCUT2D eigenvalue weighted by Gasteiger charge is -2.59. The van der Waals surface area contributed by atoms with E-state index in [4.69, 9.17) is 11.6 Å². The van der Waals surface area contributed by atoms with Crippen molar-refractivity contribution < 1.29 is 26.0 Å². The summed E-state index contributed by atoms with van der Waals surface area (Å²) in [5.74, 6) is 0.660. The number of hydrogen-bond acceptors (Lipinski definition) is 7. The Balaban J connectivity index is 1.10. The van der Waals surface area contributed by atoms with Gasteiger partial charge in [-0.05, 0) is 48.7 Å². The average molecular weight is 583 g/mol. The van der Waals surface area contributed by atoms with Gasteiger partial charge in [0.1, 0.15) is 17.2 Å². The topological polar surface area (TPSA) is 84.2 Å². The highest BCUT2D eigenvalue weighted by Gasteiger charge is 2.55. The maximum absolute atomic E-state index is 14.0. The fraction of sp³-hybridized carbons (Fsp3) is 0.480. The highest BCUT2D eigenvalue weighted by molar-refractivity contribution is 7.92. The molecule has 0 atom stereocenters. The van der Waals surface area contributed by atoms with Gasteiger partial charge in [-0.15, -0.1) is 10.2 Å². The van der Waals surface area contributed by atoms with Crippen LogP contribution in [0.1, 0.15) is 41.5 Å². The van der Waals surface area contributed by atoms with E-state index in [2.05, 4.69) is 24.6 Å². The lowest BCUT2D eigenvalue weighted by atomic mass is 9.57. The van der Waals surface area contributed by atoms with Crippen molar-refractivity contribution in [2.24, 2.45) is 5.41 Å². The van der Waals surface area contributed by atoms with Crippen LogP contribution in [0.3, 0.4) is 0 Å². The number of sulfone groups is 1. The first-order chi connectivity index (χ1) is 18.4. The van der Waals surface area contributed by atoms with Crippen molar-refractivity contribution in [1.29, 1.82) is 0 Å². The van der Waals surface area contributed by atoms with Crippen LogP contribution in [0, 0.1) is 11.4 Å². The standard InChI is InChI=1S/C25H23ClF4N6O2S/c26-16-1-3-19-14(5-16)8-34(17-10-39(37,38)11-17)9-21-32-33-23(36(19)21)15-6-24(7-15)12-35(13-24)20-4-2-18(22(27)31-20)25(28,29)30/h1-5,15,17H,6-13H2. The molecule has 39 heavy (non-hydrogen) atoms. The summed E-state index contributed by atoms with van der Waals surface area (Å²) >= 11 is 6.32. The summed E-state index contributed by atoms with van der Waals surface area (Å²) in [4.78, 5) is 7.47. The Morgan fingerprint density at radius 1 is 1.03 bits per heavy atom. The zero-order valence-electron chi connectivity index (χ0n) is 20.5. The van der Waals surface area contributed by atoms with Crippen molar-refractivity contribution in [1.82, 2.24) is 24.6 Å². The molecule has 3 aliphatic heterocycles. The number of fused-ring (bicyclic) bond motifs is 3. The molecule has 14 heteroatoms. The lowest BCUT2D eigenvalue weighted by Crippen LogP contribution is -2.62. The van der Waals surface area contributed by atoms with E-state index in [1.54, 1.807) is 4.90 Å². The third-order valence-corrected chi connectivity index (χ3v) is 10.4. The summed E-state index contributed by atoms with van der Waals surface area (Å²) in [6.07, 6.45) is -3.14. The van der Waals surface area contributed by atoms with Crippen LogP contribution < -0.4 is 4.90 Å². The van der Waals surface area contributed by atoms with E-state index >= 15 is 0 Å². The molecule has 3 fully saturated rings. The summed E-state index contributed by atoms with van der Waals surface area (Å²) in [5, 5.41) is 9.64. The maximum atomic E-state index is 14.0. The van der Waals surface area contributed by atoms with Crippen LogP contribution in [0.25, 0.3) is 5.69 Å². The smallest absolute Gasteiger partial charge is 0.355 e. The molecule has 1 aliphatic carbocycles. The Kier molecular flexibility index (Phi) is 5.41. The van der Waals surface area contributed by atoms with Crippen molar-refractivity contribution in [2.75, 3.05) is 29.5 Å². The van der Waals surface area contributed by atoms with Crippen LogP contribution in [-0.2, 0) is 29.1 Å². The molecule has 1 aromatic carbocycles. The lowest BCUT2D eigenvalue weighted by molar-refractivity contribution is -0.140. The fourth-order valence-electron chi connectivity index (χ4n) is 6.49. The number of rotatable bonds is 3. The average Bonchev–Trinajstić information content (AvgIpc) is 3.10. The second kappa shape index (κ2) is 8.37. The molecule has 5 heterocycles. The third-order valence-electron chi connectivity index (χ3n) is 8.40. The second-order valence-corrected chi connectivity index (χ2v) is 13.8. The van der Waals surface area contributed by atoms with Crippen LogP contribution in [-0.4, -0.2) is 63.7 Å². The minimum atomic E-state index is -4.78. The molecule has 0 N–H and O–H groups in total. The molecule has 0 radical (unpaired) electrons. The van der Waals surface area contributed by atoms with Gasteiger partial charge < -0.3 is 4.90 Å². The summed E-state index contributed by atoms with van der Waals surface area (Å²) in [6.45, 7) is 2.19. The Morgan fingerprint density at radius 2 is 1.77 bits per heavy atom. The summed E-state index contributed by atoms with van der Waals surface area (Å²) in [7, 11) is -2.99. The minimum absolute atomic E-state index is 0.0300. The molecule has 0 unspecified atom stereocenters. The molecule has 1 saturated carbocycles. The van der Waals surface area contributed by atoms with E-state index in [-0.39, 0.29) is 34.7 Å². The number of aromatic nitrogens is 4. The summed E-state index contributed by atoms with van der Waals surface area (Å²) in [5.41, 5.74) is 0.514. The van der Waals surface area contributed by atoms with E-state index in [1.807, 2.05) is 18.2 Å². The van der Waals surface area contributed by atoms with E-state index in [1.165, 1.54) is 6.07 Å². The number of alkyl halides is 3. The van der Waals surface area contributed by atoms with E-state index in [0.29, 0.717) is 31.2 Å². The van der Waals surface area contributed by atoms with Gasteiger partial charge in [-0.1, -0.05) is 11.6 Å². The first kappa shape index (κ1) is 25.2. The highest BCUT2D eigenvalue weighted by Crippen LogP contribution is 2.56. The highest BCUT2D eigenvalue weighted by atomic mass is 35.5. The first-order valence-electron chi connectivity index (χ1n) is 12.6. The number of pyridine rings is 1. The van der Waals surface area contributed by atoms with Crippen LogP contribution in [0.4, 0.5) is 23.4 Å². The van der Waals surface area contributed by atoms with Gasteiger partial charge in [0.2, 0.25) is 5.95 Å². The first-order valence-corrected chi connectivity index (χ1v) is 14.8. The van der Waals surface area contributed by atoms with Crippen LogP contribution in [0.5, 0.6) is 0 Å². The van der Waals surface area contributed by atoms with E-state index in [9.17, 15) is 26.0 Å². The zero-order chi connectivity index (χ0) is 27.3. The predicted molar refractivity (Wildman–Crippen MR) is 134 cm³/mol. The van der Waals surface area contributed by atoms with Crippen molar-refractivity contribution >= 4 is 27.3 Å². The molecule has 2 aromatic heterocycles. The second-order valence-electron chi connectivity index (χ2n) is 11.2. The Morgan fingerprint density at radius 3 is 2.44 bits per heavy atom. The zero-order valence-corrected chi connectivity index (χ0v) is 22.1. The molecular formula is C25H23ClF4N6O2S. The Hall–Kier alpha value is -2.77. The van der Waals surface area contributed by atoms with Gasteiger partial charge in [-0.2, -0.15) is 17.6 Å². The SMILES string of the molecule is O=S1(=O)CC(N2Cc3cc(Cl)ccc3-n3c(nnc3C3CC4(C3)CN(c3ccc(C(F)(F)F)c(F)n3)C4)C2)C1. The molecule has 2 saturated heterocycles. The monoisotopic (exact) mass is 582 g/mol. The fourth-order valence-corrected chi connectivity index (χ4v) is 8.18.